The summed E-state index contributed by atoms with van der Waals surface area (Å²) in [7, 11) is 0. The Hall–Kier alpha value is -3.65. The largest absolute Gasteiger partial charge is 0.480 e. The van der Waals surface area contributed by atoms with Crippen LogP contribution >= 0.6 is 0 Å². The average molecular weight is 690 g/mol. The number of aliphatic carboxylic acids is 1. The number of esters is 1. The molecule has 0 saturated heterocycles. The van der Waals surface area contributed by atoms with Gasteiger partial charge in [0.05, 0.1) is 12.5 Å². The minimum Gasteiger partial charge on any atom is -0.480 e. The third kappa shape index (κ3) is 7.59. The number of aliphatic hydroxyl groups is 2. The molecule has 0 heterocycles. The molecule has 3 fully saturated rings. The van der Waals surface area contributed by atoms with Gasteiger partial charge in [-0.3, -0.25) is 28.8 Å². The van der Waals surface area contributed by atoms with Gasteiger partial charge in [0, 0.05) is 24.7 Å². The standard InChI is InChI=1S/C35H51N3O11/c1-18(2)30(31(45)37-23(32(46)47)7-8-26(36)42)38-27(43)9-10-28(44)49-17-25(41)35(48)14-12-22-21-6-5-19-15-20(39)11-13-33(19,3)29(21)24(40)16-34(22,35)4/h15,18,21-24,29-30,40,48H,5-14,16-17H2,1-4H3,(H2,36,42)(H,37,45)(H,38,43)(H,46,47)/t21-,22-,23+,24+,29+,30+,33-,34-,35-/m0/s1. The molecule has 0 aromatic carbocycles. The number of aliphatic hydroxyl groups excluding tert-OH is 1. The van der Waals surface area contributed by atoms with Gasteiger partial charge in [-0.25, -0.2) is 4.79 Å². The molecule has 0 aliphatic heterocycles. The first-order valence-corrected chi connectivity index (χ1v) is 17.3. The second-order valence-corrected chi connectivity index (χ2v) is 15.3. The quantitative estimate of drug-likeness (QED) is 0.141. The molecule has 3 amide bonds. The predicted molar refractivity (Wildman–Crippen MR) is 173 cm³/mol. The van der Waals surface area contributed by atoms with Crippen LogP contribution in [0.4, 0.5) is 0 Å². The Morgan fingerprint density at radius 1 is 1.02 bits per heavy atom. The highest BCUT2D eigenvalue weighted by Crippen LogP contribution is 2.67. The van der Waals surface area contributed by atoms with Crippen molar-refractivity contribution in [2.75, 3.05) is 6.61 Å². The Kier molecular flexibility index (Phi) is 11.4. The zero-order valence-electron chi connectivity index (χ0n) is 28.8. The van der Waals surface area contributed by atoms with Crippen LogP contribution in [-0.4, -0.2) is 86.9 Å². The third-order valence-corrected chi connectivity index (χ3v) is 12.0. The van der Waals surface area contributed by atoms with Crippen LogP contribution in [0, 0.1) is 34.5 Å². The summed E-state index contributed by atoms with van der Waals surface area (Å²) < 4.78 is 5.20. The van der Waals surface area contributed by atoms with Crippen molar-refractivity contribution in [1.82, 2.24) is 10.6 Å². The Morgan fingerprint density at radius 3 is 2.35 bits per heavy atom. The summed E-state index contributed by atoms with van der Waals surface area (Å²) in [5.74, 6) is -5.46. The summed E-state index contributed by atoms with van der Waals surface area (Å²) in [6, 6.07) is -2.53. The van der Waals surface area contributed by atoms with Crippen molar-refractivity contribution < 1.29 is 53.6 Å². The summed E-state index contributed by atoms with van der Waals surface area (Å²) in [5.41, 5.74) is 3.10. The van der Waals surface area contributed by atoms with E-state index in [4.69, 9.17) is 10.5 Å². The molecule has 14 nitrogen and oxygen atoms in total. The molecule has 272 valence electrons. The molecule has 0 aromatic rings. The molecule has 0 aromatic heterocycles. The van der Waals surface area contributed by atoms with Crippen LogP contribution in [0.25, 0.3) is 0 Å². The summed E-state index contributed by atoms with van der Waals surface area (Å²) in [6.45, 7) is 6.53. The van der Waals surface area contributed by atoms with E-state index >= 15 is 0 Å². The van der Waals surface area contributed by atoms with Gasteiger partial charge in [0.15, 0.2) is 12.4 Å². The summed E-state index contributed by atoms with van der Waals surface area (Å²) in [6.07, 6.45) is 3.24. The normalized spacial score (nSPS) is 33.2. The number of rotatable bonds is 14. The summed E-state index contributed by atoms with van der Waals surface area (Å²) in [5, 5.41) is 37.6. The molecule has 14 heteroatoms. The fourth-order valence-electron chi connectivity index (χ4n) is 9.29. The molecule has 0 unspecified atom stereocenters. The molecular weight excluding hydrogens is 638 g/mol. The van der Waals surface area contributed by atoms with Gasteiger partial charge in [-0.1, -0.05) is 33.3 Å². The molecule has 9 atom stereocenters. The van der Waals surface area contributed by atoms with Gasteiger partial charge < -0.3 is 36.4 Å². The Labute approximate surface area is 286 Å². The van der Waals surface area contributed by atoms with E-state index in [1.165, 1.54) is 0 Å². The maximum absolute atomic E-state index is 13.5. The van der Waals surface area contributed by atoms with Gasteiger partial charge in [-0.2, -0.15) is 0 Å². The first-order valence-electron chi connectivity index (χ1n) is 17.3. The highest BCUT2D eigenvalue weighted by Gasteiger charge is 2.68. The highest BCUT2D eigenvalue weighted by atomic mass is 16.5. The molecule has 7 N–H and O–H groups in total. The maximum Gasteiger partial charge on any atom is 0.326 e. The number of nitrogens with two attached hydrogens (primary N) is 1. The van der Waals surface area contributed by atoms with E-state index in [-0.39, 0.29) is 61.1 Å². The number of carboxylic acids is 1. The number of carbonyl (C=O) groups is 7. The van der Waals surface area contributed by atoms with Crippen molar-refractivity contribution in [2.45, 2.75) is 122 Å². The second kappa shape index (κ2) is 14.7. The number of hydrogen-bond donors (Lipinski definition) is 6. The van der Waals surface area contributed by atoms with Gasteiger partial charge in [0.2, 0.25) is 23.5 Å². The number of fused-ring (bicyclic) bond motifs is 5. The lowest BCUT2D eigenvalue weighted by atomic mass is 9.45. The smallest absolute Gasteiger partial charge is 0.326 e. The number of allylic oxidation sites excluding steroid dienone is 1. The van der Waals surface area contributed by atoms with E-state index in [2.05, 4.69) is 17.6 Å². The first kappa shape index (κ1) is 38.2. The monoisotopic (exact) mass is 689 g/mol. The van der Waals surface area contributed by atoms with Crippen LogP contribution in [0.1, 0.15) is 98.3 Å². The number of ketones is 2. The van der Waals surface area contributed by atoms with E-state index in [1.807, 2.05) is 6.92 Å². The first-order chi connectivity index (χ1) is 22.8. The van der Waals surface area contributed by atoms with Crippen molar-refractivity contribution in [3.63, 3.8) is 0 Å². The van der Waals surface area contributed by atoms with Crippen molar-refractivity contribution >= 4 is 41.2 Å². The Bertz CT molecular complexity index is 1410. The van der Waals surface area contributed by atoms with Gasteiger partial charge in [0.25, 0.3) is 0 Å². The van der Waals surface area contributed by atoms with Gasteiger partial charge in [-0.15, -0.1) is 0 Å². The third-order valence-electron chi connectivity index (χ3n) is 12.0. The van der Waals surface area contributed by atoms with E-state index in [0.717, 1.165) is 18.4 Å². The van der Waals surface area contributed by atoms with Crippen LogP contribution in [0.5, 0.6) is 0 Å². The van der Waals surface area contributed by atoms with E-state index in [1.54, 1.807) is 19.9 Å². The molecule has 0 radical (unpaired) electrons. The molecule has 3 saturated carbocycles. The molecular formula is C35H51N3O11. The minimum atomic E-state index is -1.82. The Morgan fingerprint density at radius 2 is 1.71 bits per heavy atom. The fourth-order valence-corrected chi connectivity index (χ4v) is 9.29. The zero-order valence-corrected chi connectivity index (χ0v) is 28.8. The highest BCUT2D eigenvalue weighted by molar-refractivity contribution is 5.93. The molecule has 4 rings (SSSR count). The van der Waals surface area contributed by atoms with Crippen LogP contribution < -0.4 is 16.4 Å². The van der Waals surface area contributed by atoms with Crippen molar-refractivity contribution in [3.8, 4) is 0 Å². The lowest BCUT2D eigenvalue weighted by molar-refractivity contribution is -0.184. The van der Waals surface area contributed by atoms with Crippen LogP contribution in [0.15, 0.2) is 11.6 Å². The number of carbonyl (C=O) groups excluding carboxylic acids is 6. The number of amides is 3. The molecule has 0 spiro atoms. The molecule has 4 aliphatic rings. The zero-order chi connectivity index (χ0) is 36.5. The number of hydrogen-bond acceptors (Lipinski definition) is 10. The lowest BCUT2D eigenvalue weighted by Crippen LogP contribution is -2.62. The van der Waals surface area contributed by atoms with Crippen molar-refractivity contribution in [2.24, 2.45) is 40.2 Å². The van der Waals surface area contributed by atoms with E-state index < -0.39 is 83.6 Å². The molecule has 4 aliphatic carbocycles. The maximum atomic E-state index is 13.5. The lowest BCUT2D eigenvalue weighted by Gasteiger charge is -2.60. The Balaban J connectivity index is 1.31. The number of carboxylic acid groups (broad SMARTS) is 1. The number of nitrogens with one attached hydrogen (secondary N) is 2. The van der Waals surface area contributed by atoms with Crippen molar-refractivity contribution in [1.29, 1.82) is 0 Å². The van der Waals surface area contributed by atoms with Crippen LogP contribution in [0.3, 0.4) is 0 Å². The summed E-state index contributed by atoms with van der Waals surface area (Å²) >= 11 is 0. The number of ether oxygens (including phenoxy) is 1. The van der Waals surface area contributed by atoms with E-state index in [9.17, 15) is 48.9 Å². The number of primary amides is 1. The topological polar surface area (TPSA) is 239 Å². The van der Waals surface area contributed by atoms with Crippen LogP contribution in [0.2, 0.25) is 0 Å². The average Bonchev–Trinajstić information content (AvgIpc) is 3.29. The fraction of sp³-hybridized carbons (Fsp3) is 0.743. The van der Waals surface area contributed by atoms with Crippen LogP contribution in [-0.2, 0) is 38.3 Å². The van der Waals surface area contributed by atoms with Crippen molar-refractivity contribution in [3.05, 3.63) is 11.6 Å². The SMILES string of the molecule is CC(C)[C@@H](NC(=O)CCC(=O)OCC(=O)[C@@]1(O)CC[C@H]2[C@@H]3CCC4=CC(=O)CC[C@]4(C)[C@H]3[C@H](O)C[C@@]21C)C(=O)N[C@H](CCC(N)=O)C(=O)O. The van der Waals surface area contributed by atoms with Gasteiger partial charge in [-0.05, 0) is 80.1 Å². The predicted octanol–water partition coefficient (Wildman–Crippen LogP) is 1.09. The van der Waals surface area contributed by atoms with E-state index in [0.29, 0.717) is 19.3 Å². The van der Waals surface area contributed by atoms with Gasteiger partial charge >= 0.3 is 11.9 Å². The number of Topliss-reactive ketones (excluding diaryl/α,β-unsaturated/α-hetero) is 1. The molecule has 0 bridgehead atoms. The molecule has 49 heavy (non-hydrogen) atoms. The summed E-state index contributed by atoms with van der Waals surface area (Å²) in [4.78, 5) is 86.2. The van der Waals surface area contributed by atoms with Gasteiger partial charge in [0.1, 0.15) is 17.7 Å². The minimum absolute atomic E-state index is 0.0368. The second-order valence-electron chi connectivity index (χ2n) is 15.3.